The summed E-state index contributed by atoms with van der Waals surface area (Å²) in [5, 5.41) is 3.40. The van der Waals surface area contributed by atoms with Crippen molar-refractivity contribution in [2.24, 2.45) is 10.3 Å². The number of carbonyl (C=O) groups excluding carboxylic acids is 1. The molecule has 28 heavy (non-hydrogen) atoms. The number of amidine groups is 1. The lowest BCUT2D eigenvalue weighted by molar-refractivity contribution is 0.102. The fraction of sp³-hybridized carbons (Fsp3) is 0.263. The second-order valence-corrected chi connectivity index (χ2v) is 9.29. The summed E-state index contributed by atoms with van der Waals surface area (Å²) in [5.74, 6) is 0.208. The summed E-state index contributed by atoms with van der Waals surface area (Å²) in [5.41, 5.74) is 1.03. The predicted molar refractivity (Wildman–Crippen MR) is 113 cm³/mol. The van der Waals surface area contributed by atoms with E-state index in [1.807, 2.05) is 18.7 Å². The van der Waals surface area contributed by atoms with Gasteiger partial charge >= 0.3 is 0 Å². The van der Waals surface area contributed by atoms with Gasteiger partial charge in [0.2, 0.25) is 0 Å². The predicted octanol–water partition coefficient (Wildman–Crippen LogP) is 4.83. The highest BCUT2D eigenvalue weighted by Gasteiger charge is 2.30. The third-order valence-corrected chi connectivity index (χ3v) is 6.11. The molecule has 1 N–H and O–H groups in total. The summed E-state index contributed by atoms with van der Waals surface area (Å²) in [4.78, 5) is 14.5. The van der Waals surface area contributed by atoms with Crippen molar-refractivity contribution in [2.75, 3.05) is 16.8 Å². The molecule has 3 rings (SSSR count). The number of anilines is 2. The van der Waals surface area contributed by atoms with Gasteiger partial charge in [0.25, 0.3) is 15.9 Å². The molecule has 1 aliphatic rings. The summed E-state index contributed by atoms with van der Waals surface area (Å²) in [6.45, 7) is 6.34. The molecule has 0 fully saturated rings. The molecule has 0 saturated heterocycles. The molecular weight excluding hydrogens is 421 g/mol. The Morgan fingerprint density at radius 2 is 1.89 bits per heavy atom. The van der Waals surface area contributed by atoms with Crippen molar-refractivity contribution in [2.45, 2.75) is 25.7 Å². The van der Waals surface area contributed by atoms with Crippen LogP contribution in [0.15, 0.2) is 45.7 Å². The van der Waals surface area contributed by atoms with E-state index in [9.17, 15) is 13.2 Å². The smallest absolute Gasteiger partial charge is 0.286 e. The van der Waals surface area contributed by atoms with Gasteiger partial charge in [-0.3, -0.25) is 4.79 Å². The van der Waals surface area contributed by atoms with Crippen LogP contribution in [0, 0.1) is 5.92 Å². The number of amides is 1. The van der Waals surface area contributed by atoms with Gasteiger partial charge in [-0.25, -0.2) is 0 Å². The highest BCUT2D eigenvalue weighted by atomic mass is 35.5. The Morgan fingerprint density at radius 1 is 1.18 bits per heavy atom. The molecule has 148 valence electrons. The average Bonchev–Trinajstić information content (AvgIpc) is 2.60. The number of fused-ring (bicyclic) bond motifs is 1. The number of rotatable bonds is 4. The summed E-state index contributed by atoms with van der Waals surface area (Å²) < 4.78 is 29.0. The number of hydrogen-bond donors (Lipinski definition) is 1. The molecule has 0 saturated carbocycles. The van der Waals surface area contributed by atoms with Crippen LogP contribution in [-0.2, 0) is 10.0 Å². The van der Waals surface area contributed by atoms with E-state index in [0.29, 0.717) is 39.7 Å². The second-order valence-electron chi connectivity index (χ2n) is 6.88. The van der Waals surface area contributed by atoms with Gasteiger partial charge in [-0.1, -0.05) is 37.0 Å². The van der Waals surface area contributed by atoms with Crippen LogP contribution < -0.4 is 10.2 Å². The van der Waals surface area contributed by atoms with Gasteiger partial charge < -0.3 is 10.2 Å². The summed E-state index contributed by atoms with van der Waals surface area (Å²) in [7, 11) is -3.88. The van der Waals surface area contributed by atoms with Crippen molar-refractivity contribution in [3.8, 4) is 0 Å². The van der Waals surface area contributed by atoms with Crippen LogP contribution in [0.2, 0.25) is 10.0 Å². The standard InChI is InChI=1S/C19H19Cl2N3O3S/c1-11(2)10-24-12(3)23-28(26,27)18-8-13(4-7-17(18)24)19(25)22-16-9-14(20)5-6-15(16)21/h4-9,11H,10H2,1-3H3,(H,22,25). The molecule has 9 heteroatoms. The molecule has 0 bridgehead atoms. The van der Waals surface area contributed by atoms with Crippen LogP contribution in [0.3, 0.4) is 0 Å². The Labute approximate surface area is 174 Å². The molecule has 1 aliphatic heterocycles. The van der Waals surface area contributed by atoms with E-state index in [-0.39, 0.29) is 10.5 Å². The average molecular weight is 440 g/mol. The molecule has 0 spiro atoms. The minimum Gasteiger partial charge on any atom is -0.328 e. The molecular formula is C19H19Cl2N3O3S. The van der Waals surface area contributed by atoms with E-state index in [1.54, 1.807) is 31.2 Å². The van der Waals surface area contributed by atoms with Crippen molar-refractivity contribution < 1.29 is 13.2 Å². The Kier molecular flexibility index (Phi) is 5.70. The fourth-order valence-electron chi connectivity index (χ4n) is 2.92. The SMILES string of the molecule is CC1=NS(=O)(=O)c2cc(C(=O)Nc3cc(Cl)ccc3Cl)ccc2N1CC(C)C. The minimum atomic E-state index is -3.88. The molecule has 0 aliphatic carbocycles. The van der Waals surface area contributed by atoms with Gasteiger partial charge in [0, 0.05) is 17.1 Å². The number of sulfonamides is 1. The van der Waals surface area contributed by atoms with Crippen LogP contribution in [0.25, 0.3) is 0 Å². The first-order valence-electron chi connectivity index (χ1n) is 8.58. The summed E-state index contributed by atoms with van der Waals surface area (Å²) >= 11 is 12.0. The lowest BCUT2D eigenvalue weighted by Crippen LogP contribution is -2.36. The molecule has 0 atom stereocenters. The first kappa shape index (κ1) is 20.6. The third-order valence-electron chi connectivity index (χ3n) is 4.16. The zero-order valence-electron chi connectivity index (χ0n) is 15.5. The number of nitrogens with one attached hydrogen (secondary N) is 1. The second kappa shape index (κ2) is 7.73. The number of benzene rings is 2. The van der Waals surface area contributed by atoms with Crippen molar-refractivity contribution in [3.05, 3.63) is 52.0 Å². The quantitative estimate of drug-likeness (QED) is 0.739. The van der Waals surface area contributed by atoms with E-state index >= 15 is 0 Å². The van der Waals surface area contributed by atoms with E-state index in [1.165, 1.54) is 12.1 Å². The van der Waals surface area contributed by atoms with Crippen LogP contribution in [-0.4, -0.2) is 26.7 Å². The maximum Gasteiger partial charge on any atom is 0.286 e. The molecule has 0 radical (unpaired) electrons. The maximum atomic E-state index is 12.6. The third kappa shape index (κ3) is 4.16. The van der Waals surface area contributed by atoms with E-state index in [0.717, 1.165) is 0 Å². The molecule has 2 aromatic rings. The van der Waals surface area contributed by atoms with Gasteiger partial charge in [0.15, 0.2) is 0 Å². The lowest BCUT2D eigenvalue weighted by Gasteiger charge is -2.30. The van der Waals surface area contributed by atoms with Gasteiger partial charge in [-0.05, 0) is 49.2 Å². The molecule has 0 aromatic heterocycles. The summed E-state index contributed by atoms with van der Waals surface area (Å²) in [6.07, 6.45) is 0. The van der Waals surface area contributed by atoms with E-state index < -0.39 is 15.9 Å². The highest BCUT2D eigenvalue weighted by molar-refractivity contribution is 7.90. The Hall–Kier alpha value is -2.09. The zero-order valence-corrected chi connectivity index (χ0v) is 17.9. The molecule has 2 aromatic carbocycles. The van der Waals surface area contributed by atoms with Crippen molar-refractivity contribution in [1.82, 2.24) is 0 Å². The molecule has 1 heterocycles. The number of halogens is 2. The number of hydrogen-bond acceptors (Lipinski definition) is 4. The van der Waals surface area contributed by atoms with Crippen molar-refractivity contribution in [3.63, 3.8) is 0 Å². The molecule has 0 unspecified atom stereocenters. The van der Waals surface area contributed by atoms with E-state index in [2.05, 4.69) is 9.71 Å². The lowest BCUT2D eigenvalue weighted by atomic mass is 10.1. The van der Waals surface area contributed by atoms with Crippen LogP contribution in [0.1, 0.15) is 31.1 Å². The van der Waals surface area contributed by atoms with Gasteiger partial charge in [-0.2, -0.15) is 8.42 Å². The zero-order chi connectivity index (χ0) is 20.6. The normalized spacial score (nSPS) is 15.2. The molecule has 6 nitrogen and oxygen atoms in total. The van der Waals surface area contributed by atoms with Gasteiger partial charge in [0.1, 0.15) is 10.7 Å². The molecule has 1 amide bonds. The van der Waals surface area contributed by atoms with Crippen molar-refractivity contribution in [1.29, 1.82) is 0 Å². The largest absolute Gasteiger partial charge is 0.328 e. The van der Waals surface area contributed by atoms with Gasteiger partial charge in [0.05, 0.1) is 16.4 Å². The topological polar surface area (TPSA) is 78.8 Å². The fourth-order valence-corrected chi connectivity index (χ4v) is 4.52. The van der Waals surface area contributed by atoms with Crippen LogP contribution in [0.4, 0.5) is 11.4 Å². The van der Waals surface area contributed by atoms with Crippen LogP contribution >= 0.6 is 23.2 Å². The van der Waals surface area contributed by atoms with E-state index in [4.69, 9.17) is 23.2 Å². The summed E-state index contributed by atoms with van der Waals surface area (Å²) in [6, 6.07) is 9.24. The van der Waals surface area contributed by atoms with Crippen molar-refractivity contribution >= 4 is 56.3 Å². The minimum absolute atomic E-state index is 0.00333. The Balaban J connectivity index is 1.99. The number of nitrogens with zero attached hydrogens (tertiary/aromatic N) is 2. The first-order chi connectivity index (χ1) is 13.1. The highest BCUT2D eigenvalue weighted by Crippen LogP contribution is 2.33. The van der Waals surface area contributed by atoms with Gasteiger partial charge in [-0.15, -0.1) is 4.40 Å². The Bertz CT molecular complexity index is 1080. The van der Waals surface area contributed by atoms with Crippen LogP contribution in [0.5, 0.6) is 0 Å². The maximum absolute atomic E-state index is 12.6. The monoisotopic (exact) mass is 439 g/mol. The number of carbonyl (C=O) groups is 1. The first-order valence-corrected chi connectivity index (χ1v) is 10.8. The Morgan fingerprint density at radius 3 is 2.57 bits per heavy atom.